The zero-order chi connectivity index (χ0) is 17.6. The number of ether oxygens (including phenoxy) is 2. The Kier molecular flexibility index (Phi) is 5.82. The van der Waals surface area contributed by atoms with Crippen LogP contribution in [0.3, 0.4) is 0 Å². The van der Waals surface area contributed by atoms with Crippen molar-refractivity contribution in [1.82, 2.24) is 9.97 Å². The molecule has 0 bridgehead atoms. The van der Waals surface area contributed by atoms with Crippen LogP contribution in [-0.4, -0.2) is 37.6 Å². The number of imidazole rings is 1. The van der Waals surface area contributed by atoms with Crippen molar-refractivity contribution >= 4 is 19.4 Å². The van der Waals surface area contributed by atoms with Gasteiger partial charge in [0.05, 0.1) is 0 Å². The van der Waals surface area contributed by atoms with Crippen LogP contribution < -0.4 is 4.46 Å². The Hall–Kier alpha value is -1.91. The van der Waals surface area contributed by atoms with Crippen LogP contribution in [0.1, 0.15) is 23.8 Å². The molecule has 5 heteroatoms. The number of aromatic nitrogens is 2. The first-order valence-corrected chi connectivity index (χ1v) is 10.7. The summed E-state index contributed by atoms with van der Waals surface area (Å²) in [7, 11) is 0. The van der Waals surface area contributed by atoms with Gasteiger partial charge in [-0.2, -0.15) is 0 Å². The van der Waals surface area contributed by atoms with Gasteiger partial charge in [-0.1, -0.05) is 0 Å². The van der Waals surface area contributed by atoms with Crippen LogP contribution in [0.2, 0.25) is 4.82 Å². The first kappa shape index (κ1) is 17.5. The van der Waals surface area contributed by atoms with Gasteiger partial charge >= 0.3 is 160 Å². The van der Waals surface area contributed by atoms with Crippen molar-refractivity contribution in [2.75, 3.05) is 6.61 Å². The normalized spacial score (nSPS) is 22.5. The van der Waals surface area contributed by atoms with E-state index in [1.54, 1.807) is 6.33 Å². The van der Waals surface area contributed by atoms with Crippen molar-refractivity contribution in [1.29, 1.82) is 0 Å². The van der Waals surface area contributed by atoms with Crippen LogP contribution >= 0.6 is 0 Å². The molecule has 0 spiro atoms. The summed E-state index contributed by atoms with van der Waals surface area (Å²) >= 11 is 0.352. The molecule has 3 aromatic rings. The molecule has 1 saturated heterocycles. The van der Waals surface area contributed by atoms with E-state index in [4.69, 9.17) is 9.47 Å². The fourth-order valence-electron chi connectivity index (χ4n) is 3.20. The summed E-state index contributed by atoms with van der Waals surface area (Å²) in [5.41, 5.74) is 2.26. The van der Waals surface area contributed by atoms with E-state index in [2.05, 4.69) is 52.4 Å². The van der Waals surface area contributed by atoms with Crippen LogP contribution in [0.5, 0.6) is 0 Å². The Labute approximate surface area is 160 Å². The predicted octanol–water partition coefficient (Wildman–Crippen LogP) is 3.27. The Balaban J connectivity index is 1.38. The summed E-state index contributed by atoms with van der Waals surface area (Å²) in [4.78, 5) is 7.89. The second-order valence-electron chi connectivity index (χ2n) is 6.39. The minimum atomic E-state index is 0.0723. The van der Waals surface area contributed by atoms with Crippen molar-refractivity contribution in [3.63, 3.8) is 0 Å². The zero-order valence-corrected chi connectivity index (χ0v) is 16.2. The molecule has 0 saturated carbocycles. The molecule has 134 valence electrons. The molecule has 1 aliphatic heterocycles. The molecule has 0 amide bonds. The van der Waals surface area contributed by atoms with Gasteiger partial charge in [0.25, 0.3) is 0 Å². The third-order valence-corrected chi connectivity index (χ3v) is 7.14. The van der Waals surface area contributed by atoms with E-state index < -0.39 is 0 Å². The summed E-state index contributed by atoms with van der Waals surface area (Å²) in [6.45, 7) is 1.25. The van der Waals surface area contributed by atoms with Gasteiger partial charge in [-0.3, -0.25) is 0 Å². The molecule has 2 aromatic carbocycles. The van der Waals surface area contributed by atoms with Gasteiger partial charge in [0.1, 0.15) is 0 Å². The molecule has 1 aromatic heterocycles. The second kappa shape index (κ2) is 8.65. The summed E-state index contributed by atoms with van der Waals surface area (Å²) in [6.07, 6.45) is 4.83. The molecule has 2 heterocycles. The van der Waals surface area contributed by atoms with Gasteiger partial charge < -0.3 is 0 Å². The van der Waals surface area contributed by atoms with Crippen molar-refractivity contribution in [2.24, 2.45) is 0 Å². The molecule has 4 nitrogen and oxygen atoms in total. The number of rotatable bonds is 7. The molecule has 0 aliphatic carbocycles. The number of aromatic amines is 1. The third-order valence-electron chi connectivity index (χ3n) is 4.44. The first-order valence-electron chi connectivity index (χ1n) is 8.85. The number of hydrogen-bond acceptors (Lipinski definition) is 3. The minimum absolute atomic E-state index is 0.0723. The molecule has 1 fully saturated rings. The van der Waals surface area contributed by atoms with Gasteiger partial charge in [-0.05, 0) is 0 Å². The van der Waals surface area contributed by atoms with Crippen LogP contribution in [0.4, 0.5) is 0 Å². The van der Waals surface area contributed by atoms with E-state index in [-0.39, 0.29) is 12.2 Å². The van der Waals surface area contributed by atoms with E-state index in [0.29, 0.717) is 33.0 Å². The molecular weight excluding hydrogens is 391 g/mol. The molecule has 4 rings (SSSR count). The predicted molar refractivity (Wildman–Crippen MR) is 102 cm³/mol. The molecule has 0 radical (unpaired) electrons. The molecule has 0 unspecified atom stereocenters. The number of nitrogens with one attached hydrogen (secondary N) is 1. The number of hydrogen-bond donors (Lipinski definition) is 1. The summed E-state index contributed by atoms with van der Waals surface area (Å²) in [5, 5.41) is 0. The molecular formula is C21H22N2O2Se. The Morgan fingerprint density at radius 2 is 1.85 bits per heavy atom. The van der Waals surface area contributed by atoms with Crippen molar-refractivity contribution in [2.45, 2.75) is 30.1 Å². The molecule has 3 atom stereocenters. The summed E-state index contributed by atoms with van der Waals surface area (Å²) < 4.78 is 13.7. The van der Waals surface area contributed by atoms with Crippen molar-refractivity contribution in [3.05, 3.63) is 84.4 Å². The topological polar surface area (TPSA) is 47.1 Å². The van der Waals surface area contributed by atoms with E-state index in [0.717, 1.165) is 12.1 Å². The summed E-state index contributed by atoms with van der Waals surface area (Å²) in [6, 6.07) is 21.0. The Morgan fingerprint density at radius 3 is 2.58 bits per heavy atom. The van der Waals surface area contributed by atoms with E-state index in [1.165, 1.54) is 10.0 Å². The maximum absolute atomic E-state index is 6.35. The molecule has 1 aliphatic rings. The number of nitrogens with zero attached hydrogens (tertiary/aromatic N) is 1. The van der Waals surface area contributed by atoms with Gasteiger partial charge in [-0.15, -0.1) is 0 Å². The summed E-state index contributed by atoms with van der Waals surface area (Å²) in [5.74, 6) is 0. The fraction of sp³-hybridized carbons (Fsp3) is 0.286. The average Bonchev–Trinajstić information content (AvgIpc) is 3.33. The van der Waals surface area contributed by atoms with E-state index in [1.807, 2.05) is 24.4 Å². The zero-order valence-electron chi connectivity index (χ0n) is 14.5. The Morgan fingerprint density at radius 1 is 1.08 bits per heavy atom. The average molecular weight is 413 g/mol. The van der Waals surface area contributed by atoms with Crippen LogP contribution in [-0.2, 0) is 16.1 Å². The van der Waals surface area contributed by atoms with Crippen molar-refractivity contribution < 1.29 is 9.47 Å². The van der Waals surface area contributed by atoms with Crippen molar-refractivity contribution in [3.8, 4) is 0 Å². The molecule has 26 heavy (non-hydrogen) atoms. The second-order valence-corrected chi connectivity index (χ2v) is 9.15. The van der Waals surface area contributed by atoms with Gasteiger partial charge in [0, 0.05) is 0 Å². The monoisotopic (exact) mass is 414 g/mol. The fourth-order valence-corrected chi connectivity index (χ4v) is 5.95. The molecule has 1 N–H and O–H groups in total. The van der Waals surface area contributed by atoms with Crippen LogP contribution in [0, 0.1) is 0 Å². The third kappa shape index (κ3) is 4.43. The van der Waals surface area contributed by atoms with E-state index in [9.17, 15) is 0 Å². The standard InChI is InChI=1S/C21H22N2O2Se/c1-3-7-16(8-4-1)13-24-14-17-11-20(26-18-9-5-2-6-10-18)21(25-17)19-12-22-15-23-19/h1-10,12,15,17,20-21H,11,13-14H2,(H,22,23)/t17-,20+,21-/m0/s1. The van der Waals surface area contributed by atoms with Crippen LogP contribution in [0.15, 0.2) is 73.2 Å². The SMILES string of the molecule is c1ccc(COC[C@@H]2C[C@@H]([Se]c3ccccc3)[C@H](c3cnc[nH]3)O2)cc1. The van der Waals surface area contributed by atoms with Gasteiger partial charge in [0.2, 0.25) is 0 Å². The maximum atomic E-state index is 6.35. The first-order chi connectivity index (χ1) is 12.9. The van der Waals surface area contributed by atoms with Crippen LogP contribution in [0.25, 0.3) is 0 Å². The quantitative estimate of drug-likeness (QED) is 0.605. The van der Waals surface area contributed by atoms with Gasteiger partial charge in [-0.25, -0.2) is 0 Å². The van der Waals surface area contributed by atoms with Gasteiger partial charge in [0.15, 0.2) is 0 Å². The Bertz CT molecular complexity index is 780. The number of benzene rings is 2. The number of H-pyrrole nitrogens is 1. The van der Waals surface area contributed by atoms with E-state index >= 15 is 0 Å².